The van der Waals surface area contributed by atoms with Crippen molar-refractivity contribution >= 4 is 16.7 Å². The van der Waals surface area contributed by atoms with E-state index < -0.39 is 17.8 Å². The summed E-state index contributed by atoms with van der Waals surface area (Å²) in [6.07, 6.45) is 0.290. The lowest BCUT2D eigenvalue weighted by Gasteiger charge is -2.16. The third-order valence-corrected chi connectivity index (χ3v) is 4.86. The molecule has 0 spiro atoms. The number of hydrogen-bond acceptors (Lipinski definition) is 4. The lowest BCUT2D eigenvalue weighted by Crippen LogP contribution is -2.30. The molecule has 0 radical (unpaired) electrons. The van der Waals surface area contributed by atoms with Gasteiger partial charge in [-0.05, 0) is 30.2 Å². The van der Waals surface area contributed by atoms with Gasteiger partial charge in [0.1, 0.15) is 5.82 Å². The fourth-order valence-corrected chi connectivity index (χ4v) is 3.44. The zero-order valence-electron chi connectivity index (χ0n) is 14.5. The van der Waals surface area contributed by atoms with Gasteiger partial charge in [0.2, 0.25) is 0 Å². The van der Waals surface area contributed by atoms with Gasteiger partial charge in [-0.25, -0.2) is 9.49 Å². The number of carbonyl (C=O) groups is 1. The van der Waals surface area contributed by atoms with Crippen molar-refractivity contribution in [3.05, 3.63) is 75.5 Å². The predicted molar refractivity (Wildman–Crippen MR) is 98.1 cm³/mol. The second-order valence-electron chi connectivity index (χ2n) is 6.73. The van der Waals surface area contributed by atoms with Crippen LogP contribution in [0.2, 0.25) is 0 Å². The van der Waals surface area contributed by atoms with E-state index in [1.54, 1.807) is 18.2 Å². The van der Waals surface area contributed by atoms with Gasteiger partial charge in [0, 0.05) is 24.9 Å². The molecule has 4 rings (SSSR count). The zero-order chi connectivity index (χ0) is 19.0. The first-order chi connectivity index (χ1) is 13.0. The van der Waals surface area contributed by atoms with E-state index in [9.17, 15) is 19.1 Å². The number of benzene rings is 2. The number of likely N-dealkylation sites (tertiary alicyclic amines) is 1. The van der Waals surface area contributed by atoms with Crippen LogP contribution in [0.25, 0.3) is 10.8 Å². The summed E-state index contributed by atoms with van der Waals surface area (Å²) in [5.74, 6) is -1.02. The van der Waals surface area contributed by atoms with Gasteiger partial charge in [-0.3, -0.25) is 9.59 Å². The van der Waals surface area contributed by atoms with Crippen LogP contribution in [0.5, 0.6) is 0 Å². The van der Waals surface area contributed by atoms with Crippen LogP contribution in [0.4, 0.5) is 4.39 Å². The Morgan fingerprint density at radius 1 is 1.26 bits per heavy atom. The third-order valence-electron chi connectivity index (χ3n) is 4.86. The Hall–Kier alpha value is -3.06. The van der Waals surface area contributed by atoms with Crippen molar-refractivity contribution in [2.45, 2.75) is 18.9 Å². The Balaban J connectivity index is 1.67. The fraction of sp³-hybridized carbons (Fsp3) is 0.250. The summed E-state index contributed by atoms with van der Waals surface area (Å²) < 4.78 is 14.2. The Bertz CT molecular complexity index is 1080. The largest absolute Gasteiger partial charge is 0.391 e. The molecule has 0 saturated carbocycles. The van der Waals surface area contributed by atoms with Gasteiger partial charge in [0.15, 0.2) is 0 Å². The van der Waals surface area contributed by atoms with Crippen molar-refractivity contribution < 1.29 is 14.3 Å². The summed E-state index contributed by atoms with van der Waals surface area (Å²) >= 11 is 0. The van der Waals surface area contributed by atoms with E-state index in [1.807, 2.05) is 12.1 Å². The summed E-state index contributed by atoms with van der Waals surface area (Å²) in [7, 11) is 0. The molecule has 3 aromatic rings. The van der Waals surface area contributed by atoms with Crippen molar-refractivity contribution in [2.24, 2.45) is 0 Å². The lowest BCUT2D eigenvalue weighted by atomic mass is 10.0. The van der Waals surface area contributed by atoms with E-state index in [2.05, 4.69) is 10.2 Å². The number of rotatable bonds is 3. The van der Waals surface area contributed by atoms with Crippen molar-refractivity contribution in [3.63, 3.8) is 0 Å². The Kier molecular flexibility index (Phi) is 4.45. The predicted octanol–water partition coefficient (Wildman–Crippen LogP) is 1.86. The van der Waals surface area contributed by atoms with Crippen LogP contribution in [-0.4, -0.2) is 45.3 Å². The molecule has 0 bridgehead atoms. The van der Waals surface area contributed by atoms with Crippen LogP contribution in [-0.2, 0) is 6.42 Å². The highest BCUT2D eigenvalue weighted by Crippen LogP contribution is 2.21. The highest BCUT2D eigenvalue weighted by atomic mass is 19.1. The lowest BCUT2D eigenvalue weighted by molar-refractivity contribution is 0.0760. The van der Waals surface area contributed by atoms with Crippen LogP contribution in [0.3, 0.4) is 0 Å². The van der Waals surface area contributed by atoms with Crippen LogP contribution in [0.1, 0.15) is 28.0 Å². The molecule has 7 heteroatoms. The van der Waals surface area contributed by atoms with Crippen LogP contribution in [0, 0.1) is 5.82 Å². The number of aromatic nitrogens is 2. The maximum atomic E-state index is 14.2. The molecule has 1 atom stereocenters. The molecule has 27 heavy (non-hydrogen) atoms. The SMILES string of the molecule is O=C(c1cc(Cc2n[nH]c(=O)c3ccccc23)ccc1F)N1CC[C@@H](O)C1. The molecule has 1 aliphatic heterocycles. The average Bonchev–Trinajstić information content (AvgIpc) is 3.11. The number of nitrogens with zero attached hydrogens (tertiary/aromatic N) is 2. The summed E-state index contributed by atoms with van der Waals surface area (Å²) in [5, 5.41) is 17.5. The molecule has 2 heterocycles. The Morgan fingerprint density at radius 3 is 2.78 bits per heavy atom. The molecule has 2 aromatic carbocycles. The fourth-order valence-electron chi connectivity index (χ4n) is 3.44. The standard InChI is InChI=1S/C20H18FN3O3/c21-17-6-5-12(9-16(17)20(27)24-8-7-13(25)11-24)10-18-14-3-1-2-4-15(14)19(26)23-22-18/h1-6,9,13,25H,7-8,10-11H2,(H,23,26)/t13-/m1/s1. The van der Waals surface area contributed by atoms with Gasteiger partial charge < -0.3 is 10.0 Å². The van der Waals surface area contributed by atoms with Crippen LogP contribution < -0.4 is 5.56 Å². The minimum atomic E-state index is -0.593. The van der Waals surface area contributed by atoms with E-state index >= 15 is 0 Å². The van der Waals surface area contributed by atoms with Gasteiger partial charge in [0.25, 0.3) is 11.5 Å². The number of nitrogens with one attached hydrogen (secondary N) is 1. The minimum Gasteiger partial charge on any atom is -0.391 e. The van der Waals surface area contributed by atoms with Crippen LogP contribution in [0.15, 0.2) is 47.3 Å². The molecule has 1 amide bonds. The Morgan fingerprint density at radius 2 is 2.04 bits per heavy atom. The number of aliphatic hydroxyl groups excluding tert-OH is 1. The third kappa shape index (κ3) is 3.33. The van der Waals surface area contributed by atoms with Gasteiger partial charge in [0.05, 0.1) is 22.7 Å². The van der Waals surface area contributed by atoms with Gasteiger partial charge in [-0.15, -0.1) is 0 Å². The summed E-state index contributed by atoms with van der Waals surface area (Å²) in [5.41, 5.74) is 1.07. The van der Waals surface area contributed by atoms with Gasteiger partial charge in [-0.1, -0.05) is 24.3 Å². The van der Waals surface area contributed by atoms with E-state index in [0.717, 1.165) is 5.39 Å². The molecule has 1 saturated heterocycles. The number of fused-ring (bicyclic) bond motifs is 1. The molecule has 0 unspecified atom stereocenters. The van der Waals surface area contributed by atoms with Crippen molar-refractivity contribution in [1.29, 1.82) is 0 Å². The molecule has 0 aliphatic carbocycles. The van der Waals surface area contributed by atoms with E-state index in [0.29, 0.717) is 36.0 Å². The molecular formula is C20H18FN3O3. The summed E-state index contributed by atoms with van der Waals surface area (Å²) in [6.45, 7) is 0.629. The summed E-state index contributed by atoms with van der Waals surface area (Å²) in [6, 6.07) is 11.5. The van der Waals surface area contributed by atoms with E-state index in [4.69, 9.17) is 0 Å². The summed E-state index contributed by atoms with van der Waals surface area (Å²) in [4.78, 5) is 26.0. The average molecular weight is 367 g/mol. The molecule has 1 aromatic heterocycles. The van der Waals surface area contributed by atoms with E-state index in [-0.39, 0.29) is 17.7 Å². The molecule has 1 aliphatic rings. The number of carbonyl (C=O) groups excluding carboxylic acids is 1. The first-order valence-electron chi connectivity index (χ1n) is 8.75. The molecule has 2 N–H and O–H groups in total. The maximum Gasteiger partial charge on any atom is 0.272 e. The normalized spacial score (nSPS) is 16.8. The molecule has 6 nitrogen and oxygen atoms in total. The number of halogens is 1. The van der Waals surface area contributed by atoms with Gasteiger partial charge >= 0.3 is 0 Å². The zero-order valence-corrected chi connectivity index (χ0v) is 14.5. The second-order valence-corrected chi connectivity index (χ2v) is 6.73. The number of β-amino-alcohol motifs (C(OH)–C–C–N with tert-alkyl or cyclic N) is 1. The van der Waals surface area contributed by atoms with E-state index in [1.165, 1.54) is 17.0 Å². The number of aromatic amines is 1. The van der Waals surface area contributed by atoms with Crippen molar-refractivity contribution in [3.8, 4) is 0 Å². The minimum absolute atomic E-state index is 0.0182. The monoisotopic (exact) mass is 367 g/mol. The quantitative estimate of drug-likeness (QED) is 0.740. The molecule has 1 fully saturated rings. The second kappa shape index (κ2) is 6.92. The smallest absolute Gasteiger partial charge is 0.272 e. The number of amides is 1. The topological polar surface area (TPSA) is 86.3 Å². The first kappa shape index (κ1) is 17.4. The Labute approximate surface area is 154 Å². The van der Waals surface area contributed by atoms with Crippen molar-refractivity contribution in [2.75, 3.05) is 13.1 Å². The number of H-pyrrole nitrogens is 1. The molecular weight excluding hydrogens is 349 g/mol. The highest BCUT2D eigenvalue weighted by Gasteiger charge is 2.27. The van der Waals surface area contributed by atoms with Gasteiger partial charge in [-0.2, -0.15) is 5.10 Å². The van der Waals surface area contributed by atoms with Crippen LogP contribution >= 0.6 is 0 Å². The number of aliphatic hydroxyl groups is 1. The first-order valence-corrected chi connectivity index (χ1v) is 8.75. The van der Waals surface area contributed by atoms with Crippen molar-refractivity contribution in [1.82, 2.24) is 15.1 Å². The molecule has 138 valence electrons. The number of hydrogen-bond donors (Lipinski definition) is 2. The highest BCUT2D eigenvalue weighted by molar-refractivity contribution is 5.95. The maximum absolute atomic E-state index is 14.2.